The summed E-state index contributed by atoms with van der Waals surface area (Å²) in [4.78, 5) is 11.0. The third-order valence-corrected chi connectivity index (χ3v) is 2.70. The number of hydrogen-bond acceptors (Lipinski definition) is 2. The summed E-state index contributed by atoms with van der Waals surface area (Å²) >= 11 is 0. The Kier molecular flexibility index (Phi) is 3.23. The number of hydrogen-bond donors (Lipinski definition) is 1. The van der Waals surface area contributed by atoms with Crippen molar-refractivity contribution in [3.8, 4) is 0 Å². The van der Waals surface area contributed by atoms with E-state index in [0.717, 1.165) is 11.2 Å². The van der Waals surface area contributed by atoms with Gasteiger partial charge in [0.25, 0.3) is 0 Å². The van der Waals surface area contributed by atoms with Crippen LogP contribution in [0.15, 0.2) is 35.4 Å². The summed E-state index contributed by atoms with van der Waals surface area (Å²) in [7, 11) is 1.98. The second kappa shape index (κ2) is 4.82. The van der Waals surface area contributed by atoms with Crippen molar-refractivity contribution in [3.05, 3.63) is 36.0 Å². The summed E-state index contributed by atoms with van der Waals surface area (Å²) in [6.45, 7) is 1.79. The molecule has 0 saturated carbocycles. The topological polar surface area (TPSA) is 46.4 Å². The normalized spacial score (nSPS) is 11.2. The molecule has 2 rings (SSSR count). The van der Waals surface area contributed by atoms with Gasteiger partial charge in [-0.2, -0.15) is 5.10 Å². The number of rotatable bonds is 3. The molecule has 0 spiro atoms. The summed E-state index contributed by atoms with van der Waals surface area (Å²) in [5.74, 6) is -0.0833. The van der Waals surface area contributed by atoms with E-state index >= 15 is 0 Å². The molecule has 1 amide bonds. The van der Waals surface area contributed by atoms with Gasteiger partial charge in [0.2, 0.25) is 5.91 Å². The van der Waals surface area contributed by atoms with Crippen LogP contribution in [0.5, 0.6) is 0 Å². The molecule has 1 aromatic heterocycles. The predicted octanol–water partition coefficient (Wildman–Crippen LogP) is 2.04. The second-order valence-electron chi connectivity index (χ2n) is 3.83. The highest BCUT2D eigenvalue weighted by atomic mass is 16.2. The zero-order valence-electron chi connectivity index (χ0n) is 9.97. The molecule has 1 N–H and O–H groups in total. The number of amides is 1. The van der Waals surface area contributed by atoms with E-state index in [2.05, 4.69) is 22.7 Å². The molecule has 0 aliphatic carbocycles. The summed E-state index contributed by atoms with van der Waals surface area (Å²) in [6, 6.07) is 10.1. The molecular weight excluding hydrogens is 214 g/mol. The van der Waals surface area contributed by atoms with Gasteiger partial charge in [-0.1, -0.05) is 25.1 Å². The molecule has 4 nitrogen and oxygen atoms in total. The van der Waals surface area contributed by atoms with Crippen molar-refractivity contribution >= 4 is 23.0 Å². The molecule has 0 aliphatic rings. The van der Waals surface area contributed by atoms with Gasteiger partial charge in [-0.15, -0.1) is 0 Å². The number of nitrogens with one attached hydrogen (secondary N) is 1. The lowest BCUT2D eigenvalue weighted by molar-refractivity contribution is -0.120. The molecule has 0 radical (unpaired) electrons. The van der Waals surface area contributed by atoms with Gasteiger partial charge < -0.3 is 4.57 Å². The lowest BCUT2D eigenvalue weighted by Crippen LogP contribution is -2.15. The van der Waals surface area contributed by atoms with Crippen LogP contribution < -0.4 is 5.43 Å². The van der Waals surface area contributed by atoms with E-state index in [9.17, 15) is 4.79 Å². The van der Waals surface area contributed by atoms with Crippen molar-refractivity contribution in [2.45, 2.75) is 13.3 Å². The first kappa shape index (κ1) is 11.4. The summed E-state index contributed by atoms with van der Waals surface area (Å²) in [5, 5.41) is 5.09. The maximum Gasteiger partial charge on any atom is 0.239 e. The van der Waals surface area contributed by atoms with Crippen LogP contribution >= 0.6 is 0 Å². The fourth-order valence-electron chi connectivity index (χ4n) is 1.68. The molecule has 0 unspecified atom stereocenters. The van der Waals surface area contributed by atoms with Crippen LogP contribution in [0.3, 0.4) is 0 Å². The van der Waals surface area contributed by atoms with Crippen LogP contribution in [0.2, 0.25) is 0 Å². The average molecular weight is 229 g/mol. The Labute approximate surface area is 99.9 Å². The molecule has 88 valence electrons. The van der Waals surface area contributed by atoms with Gasteiger partial charge in [-0.3, -0.25) is 4.79 Å². The molecule has 0 aliphatic heterocycles. The highest BCUT2D eigenvalue weighted by Crippen LogP contribution is 2.16. The number of nitrogens with zero attached hydrogens (tertiary/aromatic N) is 2. The Morgan fingerprint density at radius 3 is 2.94 bits per heavy atom. The number of aromatic nitrogens is 1. The van der Waals surface area contributed by atoms with Gasteiger partial charge in [0.05, 0.1) is 11.9 Å². The Hall–Kier alpha value is -2.10. The Balaban J connectivity index is 2.24. The highest BCUT2D eigenvalue weighted by Gasteiger charge is 2.02. The van der Waals surface area contributed by atoms with E-state index in [1.54, 1.807) is 13.1 Å². The quantitative estimate of drug-likeness (QED) is 0.635. The molecule has 2 aromatic rings. The third-order valence-electron chi connectivity index (χ3n) is 2.70. The monoisotopic (exact) mass is 229 g/mol. The number of benzene rings is 1. The van der Waals surface area contributed by atoms with Crippen LogP contribution in [-0.4, -0.2) is 16.7 Å². The van der Waals surface area contributed by atoms with Gasteiger partial charge in [0, 0.05) is 24.4 Å². The molecule has 17 heavy (non-hydrogen) atoms. The minimum Gasteiger partial charge on any atom is -0.343 e. The third kappa shape index (κ3) is 2.36. The maximum atomic E-state index is 11.0. The lowest BCUT2D eigenvalue weighted by Gasteiger charge is -1.98. The van der Waals surface area contributed by atoms with Crippen LogP contribution in [0.25, 0.3) is 10.9 Å². The van der Waals surface area contributed by atoms with Gasteiger partial charge in [0.15, 0.2) is 0 Å². The van der Waals surface area contributed by atoms with Gasteiger partial charge >= 0.3 is 0 Å². The van der Waals surface area contributed by atoms with Gasteiger partial charge in [-0.05, 0) is 12.1 Å². The van der Waals surface area contributed by atoms with E-state index in [4.69, 9.17) is 0 Å². The molecule has 0 saturated heterocycles. The smallest absolute Gasteiger partial charge is 0.239 e. The first-order valence-electron chi connectivity index (χ1n) is 5.58. The molecule has 1 heterocycles. The Bertz CT molecular complexity index is 569. The van der Waals surface area contributed by atoms with Gasteiger partial charge in [-0.25, -0.2) is 5.43 Å². The first-order chi connectivity index (χ1) is 8.22. The van der Waals surface area contributed by atoms with Crippen molar-refractivity contribution in [1.29, 1.82) is 0 Å². The number of para-hydroxylation sites is 1. The number of fused-ring (bicyclic) bond motifs is 1. The standard InChI is InChI=1S/C13H15N3O/c1-3-13(17)15-14-9-11-8-10-6-4-5-7-12(10)16(11)2/h4-9H,3H2,1-2H3,(H,15,17). The molecule has 0 fully saturated rings. The van der Waals surface area contributed by atoms with E-state index in [0.29, 0.717) is 6.42 Å². The van der Waals surface area contributed by atoms with Crippen LogP contribution in [0.4, 0.5) is 0 Å². The number of carbonyl (C=O) groups is 1. The average Bonchev–Trinajstić information content (AvgIpc) is 2.67. The van der Waals surface area contributed by atoms with Crippen LogP contribution in [0, 0.1) is 0 Å². The highest BCUT2D eigenvalue weighted by molar-refractivity contribution is 5.90. The van der Waals surface area contributed by atoms with Crippen molar-refractivity contribution in [2.24, 2.45) is 12.1 Å². The minimum absolute atomic E-state index is 0.0833. The molecule has 0 bridgehead atoms. The lowest BCUT2D eigenvalue weighted by atomic mass is 10.2. The van der Waals surface area contributed by atoms with Crippen molar-refractivity contribution < 1.29 is 4.79 Å². The molecule has 1 aromatic carbocycles. The summed E-state index contributed by atoms with van der Waals surface area (Å²) < 4.78 is 2.04. The minimum atomic E-state index is -0.0833. The van der Waals surface area contributed by atoms with E-state index in [-0.39, 0.29) is 5.91 Å². The molecule has 4 heteroatoms. The molecular formula is C13H15N3O. The van der Waals surface area contributed by atoms with Crippen LogP contribution in [0.1, 0.15) is 19.0 Å². The zero-order valence-corrected chi connectivity index (χ0v) is 9.97. The van der Waals surface area contributed by atoms with Crippen molar-refractivity contribution in [2.75, 3.05) is 0 Å². The SMILES string of the molecule is CCC(=O)NN=Cc1cc2ccccc2n1C. The first-order valence-corrected chi connectivity index (χ1v) is 5.58. The summed E-state index contributed by atoms with van der Waals surface area (Å²) in [5.41, 5.74) is 4.58. The number of aryl methyl sites for hydroxylation is 1. The van der Waals surface area contributed by atoms with Crippen molar-refractivity contribution in [3.63, 3.8) is 0 Å². The summed E-state index contributed by atoms with van der Waals surface area (Å²) in [6.07, 6.45) is 2.10. The maximum absolute atomic E-state index is 11.0. The number of hydrazone groups is 1. The Morgan fingerprint density at radius 2 is 2.24 bits per heavy atom. The largest absolute Gasteiger partial charge is 0.343 e. The van der Waals surface area contributed by atoms with Gasteiger partial charge in [0.1, 0.15) is 0 Å². The second-order valence-corrected chi connectivity index (χ2v) is 3.83. The molecule has 0 atom stereocenters. The fourth-order valence-corrected chi connectivity index (χ4v) is 1.68. The van der Waals surface area contributed by atoms with Crippen molar-refractivity contribution in [1.82, 2.24) is 9.99 Å². The van der Waals surface area contributed by atoms with E-state index in [1.165, 1.54) is 5.39 Å². The Morgan fingerprint density at radius 1 is 1.47 bits per heavy atom. The zero-order chi connectivity index (χ0) is 12.3. The van der Waals surface area contributed by atoms with E-state index < -0.39 is 0 Å². The number of carbonyl (C=O) groups excluding carboxylic acids is 1. The van der Waals surface area contributed by atoms with E-state index in [1.807, 2.05) is 29.8 Å². The van der Waals surface area contributed by atoms with Crippen LogP contribution in [-0.2, 0) is 11.8 Å². The predicted molar refractivity (Wildman–Crippen MR) is 68.9 cm³/mol. The fraction of sp³-hybridized carbons (Fsp3) is 0.231.